The van der Waals surface area contributed by atoms with Gasteiger partial charge in [0, 0.05) is 24.7 Å². The van der Waals surface area contributed by atoms with Crippen molar-refractivity contribution in [3.05, 3.63) is 29.6 Å². The van der Waals surface area contributed by atoms with E-state index in [2.05, 4.69) is 10.3 Å². The Hall–Kier alpha value is -2.44. The van der Waals surface area contributed by atoms with Crippen LogP contribution < -0.4 is 5.32 Å². The molecule has 26 heavy (non-hydrogen) atoms. The van der Waals surface area contributed by atoms with Crippen LogP contribution >= 0.6 is 0 Å². The highest BCUT2D eigenvalue weighted by Gasteiger charge is 2.25. The van der Waals surface area contributed by atoms with Crippen molar-refractivity contribution in [3.63, 3.8) is 0 Å². The summed E-state index contributed by atoms with van der Waals surface area (Å²) in [7, 11) is 1.26. The molecule has 0 unspecified atom stereocenters. The van der Waals surface area contributed by atoms with Crippen LogP contribution in [0.15, 0.2) is 18.3 Å². The van der Waals surface area contributed by atoms with Gasteiger partial charge in [0.05, 0.1) is 7.11 Å². The Bertz CT molecular complexity index is 620. The van der Waals surface area contributed by atoms with E-state index in [9.17, 15) is 14.4 Å². The predicted molar refractivity (Wildman–Crippen MR) is 96.7 cm³/mol. The van der Waals surface area contributed by atoms with Gasteiger partial charge in [-0.15, -0.1) is 0 Å². The van der Waals surface area contributed by atoms with Gasteiger partial charge in [-0.3, -0.25) is 4.98 Å². The minimum absolute atomic E-state index is 0.170. The number of hydrogen-bond acceptors (Lipinski definition) is 6. The maximum Gasteiger partial charge on any atom is 0.408 e. The Morgan fingerprint density at radius 1 is 1.23 bits per heavy atom. The van der Waals surface area contributed by atoms with Gasteiger partial charge in [-0.05, 0) is 52.2 Å². The van der Waals surface area contributed by atoms with Crippen LogP contribution in [0.4, 0.5) is 4.79 Å². The van der Waals surface area contributed by atoms with Gasteiger partial charge in [0.1, 0.15) is 17.4 Å². The van der Waals surface area contributed by atoms with Gasteiger partial charge >= 0.3 is 12.1 Å². The van der Waals surface area contributed by atoms with Gasteiger partial charge in [0.15, 0.2) is 0 Å². The number of nitrogens with one attached hydrogen (secondary N) is 1. The minimum atomic E-state index is -0.883. The monoisotopic (exact) mass is 364 g/mol. The molecule has 0 fully saturated rings. The molecule has 0 spiro atoms. The summed E-state index contributed by atoms with van der Waals surface area (Å²) >= 11 is 0. The number of Topliss-reactive ketones (excluding diaryl/α,β-unsaturated/α-hetero) is 1. The molecule has 7 heteroatoms. The van der Waals surface area contributed by atoms with Crippen molar-refractivity contribution in [1.82, 2.24) is 10.3 Å². The first kappa shape index (κ1) is 21.6. The van der Waals surface area contributed by atoms with Crippen LogP contribution in [0.2, 0.25) is 0 Å². The Labute approximate surface area is 154 Å². The van der Waals surface area contributed by atoms with E-state index in [1.54, 1.807) is 40.0 Å². The molecule has 0 aliphatic rings. The molecule has 0 saturated carbocycles. The van der Waals surface area contributed by atoms with Crippen LogP contribution in [-0.4, -0.2) is 41.6 Å². The van der Waals surface area contributed by atoms with E-state index in [-0.39, 0.29) is 12.2 Å². The zero-order chi connectivity index (χ0) is 19.7. The molecule has 0 aliphatic carbocycles. The van der Waals surface area contributed by atoms with Crippen molar-refractivity contribution >= 4 is 17.8 Å². The number of pyridine rings is 1. The highest BCUT2D eigenvalue weighted by molar-refractivity contribution is 5.81. The second-order valence-electron chi connectivity index (χ2n) is 7.14. The lowest BCUT2D eigenvalue weighted by atomic mass is 10.1. The molecule has 144 valence electrons. The molecule has 1 N–H and O–H groups in total. The van der Waals surface area contributed by atoms with Crippen molar-refractivity contribution in [1.29, 1.82) is 0 Å². The molecule has 0 radical (unpaired) electrons. The summed E-state index contributed by atoms with van der Waals surface area (Å²) in [6.07, 6.45) is 3.32. The normalized spacial score (nSPS) is 12.2. The minimum Gasteiger partial charge on any atom is -0.467 e. The molecule has 0 bridgehead atoms. The van der Waals surface area contributed by atoms with E-state index in [0.29, 0.717) is 12.1 Å². The number of methoxy groups -OCH3 is 1. The Morgan fingerprint density at radius 2 is 1.92 bits per heavy atom. The molecule has 0 aliphatic heterocycles. The molecule has 7 nitrogen and oxygen atoms in total. The molecule has 1 amide bonds. The van der Waals surface area contributed by atoms with Crippen LogP contribution in [0.25, 0.3) is 0 Å². The number of rotatable bonds is 8. The second-order valence-corrected chi connectivity index (χ2v) is 7.14. The third kappa shape index (κ3) is 8.60. The smallest absolute Gasteiger partial charge is 0.408 e. The van der Waals surface area contributed by atoms with Crippen LogP contribution in [0.1, 0.15) is 51.8 Å². The fourth-order valence-corrected chi connectivity index (χ4v) is 2.26. The highest BCUT2D eigenvalue weighted by atomic mass is 16.6. The summed E-state index contributed by atoms with van der Waals surface area (Å²) in [5.74, 6) is -0.396. The standard InChI is InChI=1S/C19H28N2O5/c1-13(22)7-6-8-14-9-10-15(20-12-14)11-16(17(23)25-5)21-18(24)26-19(2,3)4/h9-10,12,16H,6-8,11H2,1-5H3,(H,21,24)/t16-/m0/s1. The van der Waals surface area contributed by atoms with Gasteiger partial charge in [-0.25, -0.2) is 9.59 Å². The number of carbonyl (C=O) groups excluding carboxylic acids is 3. The van der Waals surface area contributed by atoms with Gasteiger partial charge in [0.2, 0.25) is 0 Å². The van der Waals surface area contributed by atoms with E-state index in [1.807, 2.05) is 6.07 Å². The molecule has 1 atom stereocenters. The lowest BCUT2D eigenvalue weighted by Crippen LogP contribution is -2.45. The number of amides is 1. The molecule has 0 aromatic carbocycles. The Balaban J connectivity index is 2.68. The van der Waals surface area contributed by atoms with Crippen LogP contribution in [-0.2, 0) is 31.9 Å². The largest absolute Gasteiger partial charge is 0.467 e. The number of hydrogen-bond donors (Lipinski definition) is 1. The summed E-state index contributed by atoms with van der Waals surface area (Å²) in [6, 6.07) is 2.83. The molecule has 1 aromatic rings. The zero-order valence-electron chi connectivity index (χ0n) is 16.1. The molecule has 1 rings (SSSR count). The average molecular weight is 364 g/mol. The maximum absolute atomic E-state index is 11.9. The summed E-state index contributed by atoms with van der Waals surface area (Å²) in [6.45, 7) is 6.80. The maximum atomic E-state index is 11.9. The number of esters is 1. The van der Waals surface area contributed by atoms with E-state index in [0.717, 1.165) is 18.4 Å². The Kier molecular flexibility index (Phi) is 8.22. The van der Waals surface area contributed by atoms with Gasteiger partial charge in [0.25, 0.3) is 0 Å². The lowest BCUT2D eigenvalue weighted by Gasteiger charge is -2.22. The van der Waals surface area contributed by atoms with Crippen molar-refractivity contribution in [2.24, 2.45) is 0 Å². The first-order chi connectivity index (χ1) is 12.1. The van der Waals surface area contributed by atoms with Crippen molar-refractivity contribution in [2.75, 3.05) is 7.11 Å². The summed E-state index contributed by atoms with van der Waals surface area (Å²) in [5, 5.41) is 2.52. The quantitative estimate of drug-likeness (QED) is 0.713. The van der Waals surface area contributed by atoms with Gasteiger partial charge < -0.3 is 19.6 Å². The van der Waals surface area contributed by atoms with Crippen molar-refractivity contribution in [2.45, 2.75) is 65.0 Å². The topological polar surface area (TPSA) is 94.6 Å². The van der Waals surface area contributed by atoms with Crippen LogP contribution in [0.3, 0.4) is 0 Å². The number of alkyl carbamates (subject to hydrolysis) is 1. The predicted octanol–water partition coefficient (Wildman–Crippen LogP) is 2.60. The molecular formula is C19H28N2O5. The fraction of sp³-hybridized carbons (Fsp3) is 0.579. The van der Waals surface area contributed by atoms with Crippen LogP contribution in [0, 0.1) is 0 Å². The van der Waals surface area contributed by atoms with Crippen molar-refractivity contribution < 1.29 is 23.9 Å². The zero-order valence-corrected chi connectivity index (χ0v) is 16.1. The first-order valence-corrected chi connectivity index (χ1v) is 8.61. The first-order valence-electron chi connectivity index (χ1n) is 8.61. The van der Waals surface area contributed by atoms with E-state index < -0.39 is 23.7 Å². The third-order valence-electron chi connectivity index (χ3n) is 3.47. The molecular weight excluding hydrogens is 336 g/mol. The molecule has 1 heterocycles. The molecule has 1 aromatic heterocycles. The number of nitrogens with zero attached hydrogens (tertiary/aromatic N) is 1. The average Bonchev–Trinajstić information content (AvgIpc) is 2.53. The number of ketones is 1. The van der Waals surface area contributed by atoms with E-state index in [1.165, 1.54) is 7.11 Å². The fourth-order valence-electron chi connectivity index (χ4n) is 2.26. The number of aryl methyl sites for hydroxylation is 1. The summed E-state index contributed by atoms with van der Waals surface area (Å²) in [4.78, 5) is 39.2. The third-order valence-corrected chi connectivity index (χ3v) is 3.47. The van der Waals surface area contributed by atoms with Crippen molar-refractivity contribution in [3.8, 4) is 0 Å². The van der Waals surface area contributed by atoms with Gasteiger partial charge in [-0.2, -0.15) is 0 Å². The van der Waals surface area contributed by atoms with Gasteiger partial charge in [-0.1, -0.05) is 6.07 Å². The SMILES string of the molecule is COC(=O)[C@H](Cc1ccc(CCCC(C)=O)cn1)NC(=O)OC(C)(C)C. The molecule has 0 saturated heterocycles. The van der Waals surface area contributed by atoms with E-state index >= 15 is 0 Å². The summed E-state index contributed by atoms with van der Waals surface area (Å²) in [5.41, 5.74) is 1.00. The number of ether oxygens (including phenoxy) is 2. The number of carbonyl (C=O) groups is 3. The van der Waals surface area contributed by atoms with Crippen LogP contribution in [0.5, 0.6) is 0 Å². The van der Waals surface area contributed by atoms with E-state index in [4.69, 9.17) is 9.47 Å². The Morgan fingerprint density at radius 3 is 2.42 bits per heavy atom. The lowest BCUT2D eigenvalue weighted by molar-refractivity contribution is -0.143. The highest BCUT2D eigenvalue weighted by Crippen LogP contribution is 2.10. The second kappa shape index (κ2) is 9.89. The number of aromatic nitrogens is 1. The summed E-state index contributed by atoms with van der Waals surface area (Å²) < 4.78 is 9.92.